The van der Waals surface area contributed by atoms with Crippen molar-refractivity contribution in [2.75, 3.05) is 4.90 Å². The Kier molecular flexibility index (Phi) is 4.84. The van der Waals surface area contributed by atoms with Crippen molar-refractivity contribution in [3.05, 3.63) is 126 Å². The number of carbonyl (C=O) groups excluding carboxylic acids is 4. The van der Waals surface area contributed by atoms with Gasteiger partial charge in [-0.3, -0.25) is 19.2 Å². The molecule has 1 aliphatic carbocycles. The molecule has 2 fully saturated rings. The minimum absolute atomic E-state index is 0.218. The Morgan fingerprint density at radius 3 is 1.71 bits per heavy atom. The molecule has 4 aromatic carbocycles. The van der Waals surface area contributed by atoms with Crippen molar-refractivity contribution in [3.63, 3.8) is 0 Å². The van der Waals surface area contributed by atoms with Crippen LogP contribution in [0.2, 0.25) is 0 Å². The first-order valence-electron chi connectivity index (χ1n) is 12.5. The lowest BCUT2D eigenvalue weighted by Crippen LogP contribution is -2.51. The fourth-order valence-corrected chi connectivity index (χ4v) is 6.15. The third-order valence-electron chi connectivity index (χ3n) is 7.88. The van der Waals surface area contributed by atoms with Gasteiger partial charge in [0.15, 0.2) is 0 Å². The van der Waals surface area contributed by atoms with Crippen LogP contribution in [0.5, 0.6) is 0 Å². The summed E-state index contributed by atoms with van der Waals surface area (Å²) >= 11 is 0. The number of carbonyl (C=O) groups is 4. The third-order valence-corrected chi connectivity index (χ3v) is 7.88. The highest BCUT2D eigenvalue weighted by molar-refractivity contribution is 6.37. The van der Waals surface area contributed by atoms with E-state index in [2.05, 4.69) is 0 Å². The number of nitrogens with zero attached hydrogens (tertiary/aromatic N) is 1. The van der Waals surface area contributed by atoms with Crippen molar-refractivity contribution in [3.8, 4) is 11.1 Å². The number of imide groups is 1. The Morgan fingerprint density at radius 2 is 1.11 bits per heavy atom. The van der Waals surface area contributed by atoms with E-state index in [-0.39, 0.29) is 11.1 Å². The molecular formula is C32H21NO5. The van der Waals surface area contributed by atoms with Crippen LogP contribution >= 0.6 is 0 Å². The molecule has 0 radical (unpaired) electrons. The molecule has 0 aromatic heterocycles. The summed E-state index contributed by atoms with van der Waals surface area (Å²) in [4.78, 5) is 56.8. The van der Waals surface area contributed by atoms with Gasteiger partial charge in [-0.1, -0.05) is 97.1 Å². The molecule has 2 amide bonds. The number of hydrogen-bond donors (Lipinski definition) is 0. The topological polar surface area (TPSA) is 80.8 Å². The van der Waals surface area contributed by atoms with Crippen molar-refractivity contribution in [2.45, 2.75) is 11.7 Å². The number of rotatable bonds is 3. The number of Topliss-reactive ketones (excluding diaryl/α,β-unsaturated/α-hetero) is 2. The van der Waals surface area contributed by atoms with Crippen LogP contribution in [0.15, 0.2) is 109 Å². The molecule has 4 aromatic rings. The van der Waals surface area contributed by atoms with Crippen LogP contribution in [0.3, 0.4) is 0 Å². The lowest BCUT2D eigenvalue weighted by Gasteiger charge is -2.27. The molecule has 3 atom stereocenters. The number of hydrogen-bond acceptors (Lipinski definition) is 5. The quantitative estimate of drug-likeness (QED) is 0.291. The Bertz CT molecular complexity index is 1590. The first-order chi connectivity index (χ1) is 18.5. The van der Waals surface area contributed by atoms with E-state index < -0.39 is 46.9 Å². The van der Waals surface area contributed by atoms with Crippen LogP contribution in [-0.4, -0.2) is 29.0 Å². The highest BCUT2D eigenvalue weighted by atomic mass is 16.5. The lowest BCUT2D eigenvalue weighted by molar-refractivity contribution is -0.127. The van der Waals surface area contributed by atoms with Gasteiger partial charge in [0.25, 0.3) is 0 Å². The van der Waals surface area contributed by atoms with E-state index in [0.717, 1.165) is 16.0 Å². The van der Waals surface area contributed by atoms with Crippen LogP contribution in [0.1, 0.15) is 32.4 Å². The van der Waals surface area contributed by atoms with Gasteiger partial charge in [0, 0.05) is 11.1 Å². The Labute approximate surface area is 218 Å². The molecule has 3 aliphatic rings. The smallest absolute Gasteiger partial charge is 0.241 e. The van der Waals surface area contributed by atoms with Gasteiger partial charge >= 0.3 is 0 Å². The standard InChI is InChI=1S/C32H21NO5/c34-28-23-13-7-8-14-24(23)29(35)32(28)26-25(27(38-32)21-11-5-2-6-12-21)30(36)33(31(26)37)22-17-15-20(16-18-22)19-9-3-1-4-10-19/h1-18,25-27H/t25-,26-,27+/m0/s1. The summed E-state index contributed by atoms with van der Waals surface area (Å²) in [5, 5.41) is 0. The number of benzene rings is 4. The van der Waals surface area contributed by atoms with Crippen LogP contribution in [0.25, 0.3) is 11.1 Å². The molecule has 0 bridgehead atoms. The largest absolute Gasteiger partial charge is 0.349 e. The third kappa shape index (κ3) is 2.92. The summed E-state index contributed by atoms with van der Waals surface area (Å²) in [6.45, 7) is 0. The summed E-state index contributed by atoms with van der Waals surface area (Å²) in [6.07, 6.45) is -0.923. The molecule has 184 valence electrons. The van der Waals surface area contributed by atoms with E-state index >= 15 is 0 Å². The fraction of sp³-hybridized carbons (Fsp3) is 0.125. The SMILES string of the molecule is O=C1[C@@H]2[C@@H](c3ccccc3)OC3(C(=O)c4ccccc4C3=O)[C@@H]2C(=O)N1c1ccc(-c2ccccc2)cc1. The second kappa shape index (κ2) is 8.16. The average molecular weight is 500 g/mol. The van der Waals surface area contributed by atoms with E-state index in [1.807, 2.05) is 48.5 Å². The molecule has 0 unspecified atom stereocenters. The van der Waals surface area contributed by atoms with E-state index in [1.165, 1.54) is 0 Å². The number of amides is 2. The molecule has 2 heterocycles. The summed E-state index contributed by atoms with van der Waals surface area (Å²) in [6, 6.07) is 32.4. The zero-order valence-corrected chi connectivity index (χ0v) is 20.1. The highest BCUT2D eigenvalue weighted by Crippen LogP contribution is 2.57. The maximum atomic E-state index is 14.1. The summed E-state index contributed by atoms with van der Waals surface area (Å²) < 4.78 is 6.30. The molecule has 6 nitrogen and oxygen atoms in total. The maximum absolute atomic E-state index is 14.1. The molecular weight excluding hydrogens is 478 g/mol. The van der Waals surface area contributed by atoms with Crippen LogP contribution in [0, 0.1) is 11.8 Å². The fourth-order valence-electron chi connectivity index (χ4n) is 6.15. The first-order valence-corrected chi connectivity index (χ1v) is 12.5. The average Bonchev–Trinajstić information content (AvgIpc) is 3.54. The molecule has 2 aliphatic heterocycles. The molecule has 38 heavy (non-hydrogen) atoms. The number of fused-ring (bicyclic) bond motifs is 3. The number of anilines is 1. The first kappa shape index (κ1) is 22.5. The Balaban J connectivity index is 1.34. The van der Waals surface area contributed by atoms with Crippen molar-refractivity contribution in [1.29, 1.82) is 0 Å². The summed E-state index contributed by atoms with van der Waals surface area (Å²) in [7, 11) is 0. The van der Waals surface area contributed by atoms with Gasteiger partial charge in [0.2, 0.25) is 29.0 Å². The summed E-state index contributed by atoms with van der Waals surface area (Å²) in [5.74, 6) is -4.47. The number of ether oxygens (including phenoxy) is 1. The highest BCUT2D eigenvalue weighted by Gasteiger charge is 2.74. The van der Waals surface area contributed by atoms with E-state index in [1.54, 1.807) is 60.7 Å². The zero-order valence-electron chi connectivity index (χ0n) is 20.1. The van der Waals surface area contributed by atoms with Gasteiger partial charge in [-0.15, -0.1) is 0 Å². The predicted molar refractivity (Wildman–Crippen MR) is 139 cm³/mol. The van der Waals surface area contributed by atoms with Crippen LogP contribution in [-0.2, 0) is 14.3 Å². The summed E-state index contributed by atoms with van der Waals surface area (Å²) in [5.41, 5.74) is 1.34. The molecule has 1 spiro atoms. The number of ketones is 2. The van der Waals surface area contributed by atoms with E-state index in [0.29, 0.717) is 11.3 Å². The Morgan fingerprint density at radius 1 is 0.579 bits per heavy atom. The molecule has 6 heteroatoms. The molecule has 7 rings (SSSR count). The normalized spacial score (nSPS) is 23.3. The van der Waals surface area contributed by atoms with Gasteiger partial charge in [0.05, 0.1) is 23.6 Å². The van der Waals surface area contributed by atoms with Gasteiger partial charge in [0.1, 0.15) is 0 Å². The molecule has 0 N–H and O–H groups in total. The lowest BCUT2D eigenvalue weighted by atomic mass is 9.77. The zero-order chi connectivity index (χ0) is 26.0. The maximum Gasteiger partial charge on any atom is 0.241 e. The van der Waals surface area contributed by atoms with Crippen LogP contribution in [0.4, 0.5) is 5.69 Å². The van der Waals surface area contributed by atoms with Crippen molar-refractivity contribution >= 4 is 29.1 Å². The van der Waals surface area contributed by atoms with Gasteiger partial charge in [-0.25, -0.2) is 4.90 Å². The predicted octanol–water partition coefficient (Wildman–Crippen LogP) is 5.05. The van der Waals surface area contributed by atoms with Gasteiger partial charge in [-0.05, 0) is 28.8 Å². The minimum atomic E-state index is -2.07. The van der Waals surface area contributed by atoms with E-state index in [4.69, 9.17) is 4.74 Å². The second-order valence-electron chi connectivity index (χ2n) is 9.82. The molecule has 2 saturated heterocycles. The van der Waals surface area contributed by atoms with E-state index in [9.17, 15) is 19.2 Å². The van der Waals surface area contributed by atoms with Crippen molar-refractivity contribution in [2.24, 2.45) is 11.8 Å². The van der Waals surface area contributed by atoms with Crippen molar-refractivity contribution < 1.29 is 23.9 Å². The molecule has 0 saturated carbocycles. The Hall–Kier alpha value is -4.68. The van der Waals surface area contributed by atoms with Crippen LogP contribution < -0.4 is 4.90 Å². The van der Waals surface area contributed by atoms with Crippen molar-refractivity contribution in [1.82, 2.24) is 0 Å². The minimum Gasteiger partial charge on any atom is -0.349 e. The van der Waals surface area contributed by atoms with Gasteiger partial charge < -0.3 is 4.74 Å². The van der Waals surface area contributed by atoms with Gasteiger partial charge in [-0.2, -0.15) is 0 Å². The monoisotopic (exact) mass is 499 g/mol. The second-order valence-corrected chi connectivity index (χ2v) is 9.82.